The normalized spacial score (nSPS) is 14.1. The number of nitro benzene ring substituents is 1. The third kappa shape index (κ3) is 3.06. The van der Waals surface area contributed by atoms with Crippen LogP contribution in [0.15, 0.2) is 35.0 Å². The first kappa shape index (κ1) is 14.0. The molecule has 1 heterocycles. The van der Waals surface area contributed by atoms with E-state index in [1.807, 2.05) is 0 Å². The van der Waals surface area contributed by atoms with Crippen LogP contribution in [0.3, 0.4) is 0 Å². The Hall–Kier alpha value is -1.92. The molecule has 1 aliphatic carbocycles. The van der Waals surface area contributed by atoms with Crippen molar-refractivity contribution in [1.29, 1.82) is 0 Å². The smallest absolute Gasteiger partial charge is 0.275 e. The highest BCUT2D eigenvalue weighted by Crippen LogP contribution is 2.35. The van der Waals surface area contributed by atoms with Gasteiger partial charge in [-0.2, -0.15) is 11.3 Å². The van der Waals surface area contributed by atoms with Crippen molar-refractivity contribution in [3.63, 3.8) is 0 Å². The van der Waals surface area contributed by atoms with Gasteiger partial charge in [0, 0.05) is 24.3 Å². The maximum atomic E-state index is 10.9. The van der Waals surface area contributed by atoms with Crippen molar-refractivity contribution in [2.75, 3.05) is 4.90 Å². The zero-order valence-corrected chi connectivity index (χ0v) is 12.3. The molecule has 0 radical (unpaired) electrons. The highest BCUT2D eigenvalue weighted by Gasteiger charge is 2.30. The molecule has 0 saturated heterocycles. The zero-order chi connectivity index (χ0) is 14.8. The zero-order valence-electron chi connectivity index (χ0n) is 11.4. The van der Waals surface area contributed by atoms with E-state index in [1.165, 1.54) is 11.6 Å². The van der Waals surface area contributed by atoms with Gasteiger partial charge in [-0.3, -0.25) is 10.1 Å². The van der Waals surface area contributed by atoms with Crippen molar-refractivity contribution in [2.24, 2.45) is 0 Å². The van der Waals surface area contributed by atoms with E-state index in [-0.39, 0.29) is 12.3 Å². The SMILES string of the molecule is O=[N+]([O-])c1ccc(N(Cc2ccsc2)C2CC2)cc1CO. The third-order valence-electron chi connectivity index (χ3n) is 3.68. The van der Waals surface area contributed by atoms with E-state index < -0.39 is 4.92 Å². The van der Waals surface area contributed by atoms with E-state index in [2.05, 4.69) is 21.7 Å². The summed E-state index contributed by atoms with van der Waals surface area (Å²) >= 11 is 1.67. The fourth-order valence-corrected chi connectivity index (χ4v) is 3.11. The minimum absolute atomic E-state index is 0.0208. The number of aliphatic hydroxyl groups is 1. The molecule has 2 aromatic rings. The number of benzene rings is 1. The number of anilines is 1. The van der Waals surface area contributed by atoms with Gasteiger partial charge in [0.15, 0.2) is 0 Å². The number of thiophene rings is 1. The number of nitrogens with zero attached hydrogens (tertiary/aromatic N) is 2. The Bertz CT molecular complexity index is 638. The first-order valence-corrected chi connectivity index (χ1v) is 7.79. The van der Waals surface area contributed by atoms with Gasteiger partial charge in [-0.05, 0) is 47.4 Å². The predicted octanol–water partition coefficient (Wildman–Crippen LogP) is 3.32. The van der Waals surface area contributed by atoms with Gasteiger partial charge in [-0.15, -0.1) is 0 Å². The van der Waals surface area contributed by atoms with Crippen molar-refractivity contribution in [3.8, 4) is 0 Å². The molecule has 5 nitrogen and oxygen atoms in total. The lowest BCUT2D eigenvalue weighted by Gasteiger charge is -2.24. The number of hydrogen-bond acceptors (Lipinski definition) is 5. The van der Waals surface area contributed by atoms with E-state index in [4.69, 9.17) is 0 Å². The van der Waals surface area contributed by atoms with Gasteiger partial charge in [-0.1, -0.05) is 0 Å². The minimum Gasteiger partial charge on any atom is -0.391 e. The Morgan fingerprint density at radius 3 is 2.76 bits per heavy atom. The van der Waals surface area contributed by atoms with Crippen LogP contribution in [-0.2, 0) is 13.2 Å². The molecule has 21 heavy (non-hydrogen) atoms. The quantitative estimate of drug-likeness (QED) is 0.656. The average Bonchev–Trinajstić information content (AvgIpc) is 3.20. The summed E-state index contributed by atoms with van der Waals surface area (Å²) in [4.78, 5) is 12.8. The Morgan fingerprint density at radius 1 is 1.38 bits per heavy atom. The van der Waals surface area contributed by atoms with E-state index in [0.717, 1.165) is 25.1 Å². The summed E-state index contributed by atoms with van der Waals surface area (Å²) in [5.41, 5.74) is 2.54. The third-order valence-corrected chi connectivity index (χ3v) is 4.41. The van der Waals surface area contributed by atoms with Crippen LogP contribution in [0.2, 0.25) is 0 Å². The van der Waals surface area contributed by atoms with Crippen LogP contribution in [0.4, 0.5) is 11.4 Å². The molecule has 110 valence electrons. The van der Waals surface area contributed by atoms with Crippen LogP contribution < -0.4 is 4.90 Å². The summed E-state index contributed by atoms with van der Waals surface area (Å²) in [7, 11) is 0. The maximum absolute atomic E-state index is 10.9. The molecule has 0 amide bonds. The minimum atomic E-state index is -0.449. The summed E-state index contributed by atoms with van der Waals surface area (Å²) in [5.74, 6) is 0. The second-order valence-electron chi connectivity index (χ2n) is 5.22. The highest BCUT2D eigenvalue weighted by molar-refractivity contribution is 7.07. The maximum Gasteiger partial charge on any atom is 0.275 e. The molecular weight excluding hydrogens is 288 g/mol. The molecule has 6 heteroatoms. The molecule has 1 aromatic carbocycles. The van der Waals surface area contributed by atoms with E-state index in [1.54, 1.807) is 23.5 Å². The van der Waals surface area contributed by atoms with Gasteiger partial charge in [-0.25, -0.2) is 0 Å². The van der Waals surface area contributed by atoms with E-state index in [0.29, 0.717) is 11.6 Å². The Morgan fingerprint density at radius 2 is 2.19 bits per heavy atom. The largest absolute Gasteiger partial charge is 0.391 e. The number of rotatable bonds is 6. The molecule has 1 fully saturated rings. The van der Waals surface area contributed by atoms with Gasteiger partial charge in [0.05, 0.1) is 17.1 Å². The van der Waals surface area contributed by atoms with Crippen LogP contribution in [-0.4, -0.2) is 16.1 Å². The number of hydrogen-bond donors (Lipinski definition) is 1. The molecule has 0 unspecified atom stereocenters. The summed E-state index contributed by atoms with van der Waals surface area (Å²) in [6.07, 6.45) is 2.30. The van der Waals surface area contributed by atoms with Crippen molar-refractivity contribution in [2.45, 2.75) is 32.0 Å². The van der Waals surface area contributed by atoms with Crippen molar-refractivity contribution >= 4 is 22.7 Å². The van der Waals surface area contributed by atoms with Crippen molar-refractivity contribution in [3.05, 3.63) is 56.3 Å². The lowest BCUT2D eigenvalue weighted by Crippen LogP contribution is -2.24. The first-order valence-electron chi connectivity index (χ1n) is 6.85. The Kier molecular flexibility index (Phi) is 3.90. The molecule has 1 aliphatic rings. The predicted molar refractivity (Wildman–Crippen MR) is 82.5 cm³/mol. The average molecular weight is 304 g/mol. The topological polar surface area (TPSA) is 66.6 Å². The molecule has 0 atom stereocenters. The van der Waals surface area contributed by atoms with Gasteiger partial charge in [0.1, 0.15) is 0 Å². The standard InChI is InChI=1S/C15H16N2O3S/c18-9-12-7-14(3-4-15(12)17(19)20)16(13-1-2-13)8-11-5-6-21-10-11/h3-7,10,13,18H,1-2,8-9H2. The summed E-state index contributed by atoms with van der Waals surface area (Å²) < 4.78 is 0. The fraction of sp³-hybridized carbons (Fsp3) is 0.333. The molecule has 0 spiro atoms. The van der Waals surface area contributed by atoms with E-state index >= 15 is 0 Å². The van der Waals surface area contributed by atoms with Crippen LogP contribution in [0, 0.1) is 10.1 Å². The summed E-state index contributed by atoms with van der Waals surface area (Å²) in [6.45, 7) is 0.484. The highest BCUT2D eigenvalue weighted by atomic mass is 32.1. The van der Waals surface area contributed by atoms with Crippen LogP contribution in [0.5, 0.6) is 0 Å². The monoisotopic (exact) mass is 304 g/mol. The molecule has 3 rings (SSSR count). The molecule has 1 N–H and O–H groups in total. The van der Waals surface area contributed by atoms with E-state index in [9.17, 15) is 15.2 Å². The van der Waals surface area contributed by atoms with Crippen LogP contribution in [0.1, 0.15) is 24.0 Å². The Labute approximate surface area is 126 Å². The molecule has 1 aromatic heterocycles. The fourth-order valence-electron chi connectivity index (χ4n) is 2.45. The molecular formula is C15H16N2O3S. The first-order chi connectivity index (χ1) is 10.2. The molecule has 1 saturated carbocycles. The van der Waals surface area contributed by atoms with Gasteiger partial charge in [0.25, 0.3) is 5.69 Å². The van der Waals surface area contributed by atoms with Crippen molar-refractivity contribution in [1.82, 2.24) is 0 Å². The Balaban J connectivity index is 1.90. The van der Waals surface area contributed by atoms with Crippen LogP contribution in [0.25, 0.3) is 0 Å². The van der Waals surface area contributed by atoms with Crippen molar-refractivity contribution < 1.29 is 10.0 Å². The van der Waals surface area contributed by atoms with Crippen LogP contribution >= 0.6 is 11.3 Å². The second-order valence-corrected chi connectivity index (χ2v) is 6.00. The van der Waals surface area contributed by atoms with Gasteiger partial charge in [0.2, 0.25) is 0 Å². The second kappa shape index (κ2) is 5.83. The van der Waals surface area contributed by atoms with Gasteiger partial charge >= 0.3 is 0 Å². The number of aliphatic hydroxyl groups excluding tert-OH is 1. The lowest BCUT2D eigenvalue weighted by atomic mass is 10.1. The summed E-state index contributed by atoms with van der Waals surface area (Å²) in [5, 5.41) is 24.5. The summed E-state index contributed by atoms with van der Waals surface area (Å²) in [6, 6.07) is 7.60. The lowest BCUT2D eigenvalue weighted by molar-refractivity contribution is -0.385. The molecule has 0 aliphatic heterocycles. The molecule has 0 bridgehead atoms. The van der Waals surface area contributed by atoms with Gasteiger partial charge < -0.3 is 10.0 Å². The number of nitro groups is 1.